The molecule has 0 aromatic heterocycles. The Balaban J connectivity index is 2.92. The van der Waals surface area contributed by atoms with E-state index in [1.807, 2.05) is 47.6 Å². The Hall–Kier alpha value is -0.550. The standard InChI is InChI=1S/C13H22BrNO3/c1-9(14)7-10-8-17-13(5,6)15(10)11(16)18-12(2,3)4/h7,10H,8H2,1-6H3. The van der Waals surface area contributed by atoms with Gasteiger partial charge in [0.05, 0.1) is 12.6 Å². The third-order valence-corrected chi connectivity index (χ3v) is 2.80. The van der Waals surface area contributed by atoms with Crippen molar-refractivity contribution < 1.29 is 14.3 Å². The molecule has 1 heterocycles. The van der Waals surface area contributed by atoms with Crippen molar-refractivity contribution in [2.24, 2.45) is 0 Å². The maximum atomic E-state index is 12.2. The number of hydrogen-bond donors (Lipinski definition) is 0. The van der Waals surface area contributed by atoms with Gasteiger partial charge in [0.2, 0.25) is 0 Å². The molecule has 0 N–H and O–H groups in total. The normalized spacial score (nSPS) is 24.3. The summed E-state index contributed by atoms with van der Waals surface area (Å²) >= 11 is 3.39. The fourth-order valence-corrected chi connectivity index (χ4v) is 2.19. The average molecular weight is 320 g/mol. The molecule has 0 saturated carbocycles. The highest BCUT2D eigenvalue weighted by atomic mass is 79.9. The lowest BCUT2D eigenvalue weighted by Crippen LogP contribution is -2.49. The van der Waals surface area contributed by atoms with Crippen LogP contribution in [-0.4, -0.2) is 35.0 Å². The van der Waals surface area contributed by atoms with Crippen LogP contribution in [0.15, 0.2) is 10.6 Å². The number of carbonyl (C=O) groups excluding carboxylic acids is 1. The average Bonchev–Trinajstić information content (AvgIpc) is 2.36. The number of hydrogen-bond acceptors (Lipinski definition) is 3. The van der Waals surface area contributed by atoms with Crippen LogP contribution in [-0.2, 0) is 9.47 Å². The number of rotatable bonds is 1. The summed E-state index contributed by atoms with van der Waals surface area (Å²) in [5, 5.41) is 0. The van der Waals surface area contributed by atoms with Crippen molar-refractivity contribution >= 4 is 22.0 Å². The van der Waals surface area contributed by atoms with Crippen molar-refractivity contribution in [2.45, 2.75) is 58.9 Å². The summed E-state index contributed by atoms with van der Waals surface area (Å²) < 4.78 is 12.1. The summed E-state index contributed by atoms with van der Waals surface area (Å²) in [6.45, 7) is 11.7. The second kappa shape index (κ2) is 5.21. The molecule has 1 saturated heterocycles. The molecule has 1 atom stereocenters. The summed E-state index contributed by atoms with van der Waals surface area (Å²) in [4.78, 5) is 13.9. The van der Waals surface area contributed by atoms with E-state index >= 15 is 0 Å². The Bertz CT molecular complexity index is 354. The molecule has 1 fully saturated rings. The first-order valence-corrected chi connectivity index (χ1v) is 6.82. The van der Waals surface area contributed by atoms with E-state index in [0.717, 1.165) is 4.48 Å². The van der Waals surface area contributed by atoms with Gasteiger partial charge in [-0.25, -0.2) is 4.79 Å². The predicted octanol–water partition coefficient (Wildman–Crippen LogP) is 3.66. The zero-order valence-corrected chi connectivity index (χ0v) is 13.5. The molecule has 1 aliphatic heterocycles. The molecular weight excluding hydrogens is 298 g/mol. The van der Waals surface area contributed by atoms with Crippen LogP contribution in [0.1, 0.15) is 41.5 Å². The summed E-state index contributed by atoms with van der Waals surface area (Å²) in [7, 11) is 0. The van der Waals surface area contributed by atoms with Crippen LogP contribution in [0.25, 0.3) is 0 Å². The first-order valence-electron chi connectivity index (χ1n) is 6.03. The van der Waals surface area contributed by atoms with Crippen molar-refractivity contribution in [1.29, 1.82) is 0 Å². The van der Waals surface area contributed by atoms with Gasteiger partial charge in [0, 0.05) is 0 Å². The van der Waals surface area contributed by atoms with Crippen LogP contribution < -0.4 is 0 Å². The zero-order chi connectivity index (χ0) is 14.1. The Morgan fingerprint density at radius 2 is 2.06 bits per heavy atom. The molecule has 0 bridgehead atoms. The third-order valence-electron chi connectivity index (χ3n) is 2.53. The van der Waals surface area contributed by atoms with Gasteiger partial charge in [0.25, 0.3) is 0 Å². The SMILES string of the molecule is CC(Br)=CC1COC(C)(C)N1C(=O)OC(C)(C)C. The zero-order valence-electron chi connectivity index (χ0n) is 11.9. The highest BCUT2D eigenvalue weighted by Gasteiger charge is 2.44. The van der Waals surface area contributed by atoms with Gasteiger partial charge in [-0.1, -0.05) is 15.9 Å². The monoisotopic (exact) mass is 319 g/mol. The van der Waals surface area contributed by atoms with Gasteiger partial charge in [0.15, 0.2) is 0 Å². The fourth-order valence-electron chi connectivity index (χ4n) is 1.89. The van der Waals surface area contributed by atoms with E-state index in [4.69, 9.17) is 9.47 Å². The third kappa shape index (κ3) is 3.99. The number of carbonyl (C=O) groups is 1. The minimum Gasteiger partial charge on any atom is -0.444 e. The minimum atomic E-state index is -0.647. The lowest BCUT2D eigenvalue weighted by molar-refractivity contribution is -0.0610. The number of halogens is 1. The van der Waals surface area contributed by atoms with Gasteiger partial charge in [0.1, 0.15) is 11.3 Å². The van der Waals surface area contributed by atoms with Gasteiger partial charge >= 0.3 is 6.09 Å². The van der Waals surface area contributed by atoms with Gasteiger partial charge in [-0.2, -0.15) is 0 Å². The molecule has 1 aliphatic rings. The van der Waals surface area contributed by atoms with E-state index < -0.39 is 11.3 Å². The Labute approximate surface area is 117 Å². The maximum Gasteiger partial charge on any atom is 0.413 e. The van der Waals surface area contributed by atoms with Crippen LogP contribution in [0.5, 0.6) is 0 Å². The van der Waals surface area contributed by atoms with E-state index in [1.54, 1.807) is 4.90 Å². The van der Waals surface area contributed by atoms with Crippen LogP contribution in [0.2, 0.25) is 0 Å². The Kier molecular flexibility index (Phi) is 4.49. The molecule has 0 radical (unpaired) electrons. The van der Waals surface area contributed by atoms with Gasteiger partial charge in [-0.15, -0.1) is 0 Å². The largest absolute Gasteiger partial charge is 0.444 e. The molecule has 0 aliphatic carbocycles. The summed E-state index contributed by atoms with van der Waals surface area (Å²) in [6.07, 6.45) is 1.61. The minimum absolute atomic E-state index is 0.103. The molecule has 0 aromatic rings. The summed E-state index contributed by atoms with van der Waals surface area (Å²) in [5.41, 5.74) is -1.15. The van der Waals surface area contributed by atoms with Gasteiger partial charge in [-0.3, -0.25) is 4.90 Å². The molecular formula is C13H22BrNO3. The highest BCUT2D eigenvalue weighted by molar-refractivity contribution is 9.11. The number of nitrogens with zero attached hydrogens (tertiary/aromatic N) is 1. The van der Waals surface area contributed by atoms with E-state index in [1.165, 1.54) is 0 Å². The second-order valence-electron chi connectivity index (χ2n) is 5.93. The van der Waals surface area contributed by atoms with Crippen molar-refractivity contribution in [3.8, 4) is 0 Å². The lowest BCUT2D eigenvalue weighted by atomic mass is 10.2. The smallest absolute Gasteiger partial charge is 0.413 e. The van der Waals surface area contributed by atoms with Gasteiger partial charge in [-0.05, 0) is 52.1 Å². The van der Waals surface area contributed by atoms with Crippen molar-refractivity contribution in [2.75, 3.05) is 6.61 Å². The molecule has 4 nitrogen and oxygen atoms in total. The number of allylic oxidation sites excluding steroid dienone is 1. The maximum absolute atomic E-state index is 12.2. The van der Waals surface area contributed by atoms with E-state index in [0.29, 0.717) is 6.61 Å². The van der Waals surface area contributed by atoms with Crippen molar-refractivity contribution in [3.05, 3.63) is 10.6 Å². The van der Waals surface area contributed by atoms with E-state index in [2.05, 4.69) is 15.9 Å². The highest BCUT2D eigenvalue weighted by Crippen LogP contribution is 2.30. The molecule has 0 aromatic carbocycles. The predicted molar refractivity (Wildman–Crippen MR) is 74.6 cm³/mol. The molecule has 0 spiro atoms. The van der Waals surface area contributed by atoms with Crippen molar-refractivity contribution in [1.82, 2.24) is 4.90 Å². The van der Waals surface area contributed by atoms with Crippen molar-refractivity contribution in [3.63, 3.8) is 0 Å². The number of amides is 1. The molecule has 104 valence electrons. The first-order chi connectivity index (χ1) is 8.03. The summed E-state index contributed by atoms with van der Waals surface area (Å²) in [6, 6.07) is -0.103. The molecule has 5 heteroatoms. The van der Waals surface area contributed by atoms with Crippen LogP contribution >= 0.6 is 15.9 Å². The topological polar surface area (TPSA) is 38.8 Å². The Morgan fingerprint density at radius 3 is 2.50 bits per heavy atom. The van der Waals surface area contributed by atoms with Crippen LogP contribution in [0.3, 0.4) is 0 Å². The Morgan fingerprint density at radius 1 is 1.50 bits per heavy atom. The fraction of sp³-hybridized carbons (Fsp3) is 0.769. The quantitative estimate of drug-likeness (QED) is 0.740. The van der Waals surface area contributed by atoms with Gasteiger partial charge < -0.3 is 9.47 Å². The molecule has 1 unspecified atom stereocenters. The van der Waals surface area contributed by atoms with Crippen LogP contribution in [0.4, 0.5) is 4.79 Å². The van der Waals surface area contributed by atoms with Crippen LogP contribution in [0, 0.1) is 0 Å². The number of ether oxygens (including phenoxy) is 2. The molecule has 18 heavy (non-hydrogen) atoms. The molecule has 1 amide bonds. The van der Waals surface area contributed by atoms with E-state index in [9.17, 15) is 4.79 Å². The lowest BCUT2D eigenvalue weighted by Gasteiger charge is -2.34. The molecule has 1 rings (SSSR count). The second-order valence-corrected chi connectivity index (χ2v) is 7.18. The van der Waals surface area contributed by atoms with E-state index in [-0.39, 0.29) is 12.1 Å². The summed E-state index contributed by atoms with van der Waals surface area (Å²) in [5.74, 6) is 0. The first kappa shape index (κ1) is 15.5.